The van der Waals surface area contributed by atoms with Gasteiger partial charge in [-0.05, 0) is 12.8 Å². The minimum absolute atomic E-state index is 0.955. The summed E-state index contributed by atoms with van der Waals surface area (Å²) in [5.74, 6) is 0. The maximum Gasteiger partial charge on any atom is 0.0435 e. The number of nitrogens with zero attached hydrogens (tertiary/aromatic N) is 1. The molecule has 2 nitrogen and oxygen atoms in total. The number of aliphatic imine (C=N–C) groups is 1. The molecule has 0 atom stereocenters. The fourth-order valence-corrected chi connectivity index (χ4v) is 1.43. The third-order valence-corrected chi connectivity index (χ3v) is 2.00. The molecule has 0 radical (unpaired) electrons. The normalized spacial score (nSPS) is 22.5. The maximum atomic E-state index is 4.42. The Morgan fingerprint density at radius 3 is 3.09 bits per heavy atom. The van der Waals surface area contributed by atoms with Crippen LogP contribution in [0.4, 0.5) is 0 Å². The molecule has 0 aromatic carbocycles. The number of hydrogen-bond donors (Lipinski definition) is 1. The van der Waals surface area contributed by atoms with Crippen LogP contribution in [0.1, 0.15) is 12.8 Å². The second-order valence-corrected chi connectivity index (χ2v) is 2.84. The lowest BCUT2D eigenvalue weighted by Gasteiger charge is -2.07. The van der Waals surface area contributed by atoms with Gasteiger partial charge in [0.15, 0.2) is 0 Å². The van der Waals surface area contributed by atoms with Gasteiger partial charge in [-0.3, -0.25) is 4.99 Å². The minimum atomic E-state index is 0.955. The zero-order chi connectivity index (χ0) is 7.52. The van der Waals surface area contributed by atoms with E-state index in [9.17, 15) is 0 Å². The van der Waals surface area contributed by atoms with Crippen LogP contribution in [0.25, 0.3) is 0 Å². The van der Waals surface area contributed by atoms with Crippen molar-refractivity contribution in [3.05, 3.63) is 23.9 Å². The van der Waals surface area contributed by atoms with E-state index >= 15 is 0 Å². The molecule has 0 aromatic heterocycles. The Hall–Kier alpha value is -1.05. The fraction of sp³-hybridized carbons (Fsp3) is 0.444. The lowest BCUT2D eigenvalue weighted by molar-refractivity contribution is 0.947. The molecule has 58 valence electrons. The van der Waals surface area contributed by atoms with E-state index in [0.717, 1.165) is 19.5 Å². The van der Waals surface area contributed by atoms with Crippen LogP contribution in [-0.2, 0) is 0 Å². The molecule has 0 amide bonds. The van der Waals surface area contributed by atoms with Crippen LogP contribution in [-0.4, -0.2) is 18.8 Å². The Kier molecular flexibility index (Phi) is 1.76. The summed E-state index contributed by atoms with van der Waals surface area (Å²) in [5, 5.41) is 3.18. The smallest absolute Gasteiger partial charge is 0.0435 e. The van der Waals surface area contributed by atoms with Gasteiger partial charge in [0.1, 0.15) is 0 Å². The first kappa shape index (κ1) is 6.65. The SMILES string of the molecule is C1=CC(C2=NCCC2)=CNC1. The van der Waals surface area contributed by atoms with Crippen molar-refractivity contribution in [2.75, 3.05) is 13.1 Å². The number of nitrogens with one attached hydrogen (secondary N) is 1. The van der Waals surface area contributed by atoms with Gasteiger partial charge in [0.2, 0.25) is 0 Å². The van der Waals surface area contributed by atoms with Crippen molar-refractivity contribution < 1.29 is 0 Å². The van der Waals surface area contributed by atoms with Crippen LogP contribution in [0, 0.1) is 0 Å². The Morgan fingerprint density at radius 1 is 1.45 bits per heavy atom. The van der Waals surface area contributed by atoms with Gasteiger partial charge in [0, 0.05) is 30.6 Å². The van der Waals surface area contributed by atoms with Gasteiger partial charge in [0.25, 0.3) is 0 Å². The molecule has 2 heteroatoms. The molecule has 2 aliphatic heterocycles. The molecule has 2 aliphatic rings. The largest absolute Gasteiger partial charge is 0.387 e. The van der Waals surface area contributed by atoms with E-state index in [1.165, 1.54) is 17.7 Å². The van der Waals surface area contributed by atoms with Gasteiger partial charge in [0.05, 0.1) is 0 Å². The maximum absolute atomic E-state index is 4.42. The highest BCUT2D eigenvalue weighted by molar-refractivity contribution is 6.03. The molecule has 0 saturated heterocycles. The van der Waals surface area contributed by atoms with Gasteiger partial charge < -0.3 is 5.32 Å². The molecule has 0 fully saturated rings. The first-order valence-corrected chi connectivity index (χ1v) is 4.10. The van der Waals surface area contributed by atoms with Crippen molar-refractivity contribution in [2.45, 2.75) is 12.8 Å². The lowest BCUT2D eigenvalue weighted by Crippen LogP contribution is -2.12. The molecule has 0 bridgehead atoms. The van der Waals surface area contributed by atoms with E-state index in [0.29, 0.717) is 0 Å². The minimum Gasteiger partial charge on any atom is -0.387 e. The van der Waals surface area contributed by atoms with Crippen molar-refractivity contribution in [3.63, 3.8) is 0 Å². The van der Waals surface area contributed by atoms with Crippen LogP contribution in [0.15, 0.2) is 28.9 Å². The molecule has 0 aromatic rings. The quantitative estimate of drug-likeness (QED) is 0.595. The van der Waals surface area contributed by atoms with Gasteiger partial charge in [-0.15, -0.1) is 0 Å². The molecular weight excluding hydrogens is 136 g/mol. The standard InChI is InChI=1S/C9H12N2/c1-3-8(7-10-5-1)9-4-2-6-11-9/h1,3,7,10H,2,4-6H2. The van der Waals surface area contributed by atoms with Crippen molar-refractivity contribution in [1.29, 1.82) is 0 Å². The molecule has 1 N–H and O–H groups in total. The summed E-state index contributed by atoms with van der Waals surface area (Å²) < 4.78 is 0. The molecule has 0 spiro atoms. The van der Waals surface area contributed by atoms with Crippen molar-refractivity contribution in [2.24, 2.45) is 4.99 Å². The van der Waals surface area contributed by atoms with E-state index in [1.54, 1.807) is 0 Å². The van der Waals surface area contributed by atoms with Crippen molar-refractivity contribution in [1.82, 2.24) is 5.32 Å². The third kappa shape index (κ3) is 1.34. The molecule has 11 heavy (non-hydrogen) atoms. The highest BCUT2D eigenvalue weighted by atomic mass is 14.8. The molecule has 0 unspecified atom stereocenters. The summed E-state index contributed by atoms with van der Waals surface area (Å²) in [6, 6.07) is 0. The average molecular weight is 148 g/mol. The predicted molar refractivity (Wildman–Crippen MR) is 46.8 cm³/mol. The van der Waals surface area contributed by atoms with Crippen LogP contribution in [0.3, 0.4) is 0 Å². The molecular formula is C9H12N2. The van der Waals surface area contributed by atoms with E-state index in [4.69, 9.17) is 0 Å². The Morgan fingerprint density at radius 2 is 2.45 bits per heavy atom. The first-order valence-electron chi connectivity index (χ1n) is 4.10. The molecule has 0 aliphatic carbocycles. The van der Waals surface area contributed by atoms with E-state index in [-0.39, 0.29) is 0 Å². The van der Waals surface area contributed by atoms with Gasteiger partial charge in [-0.1, -0.05) is 12.2 Å². The molecule has 2 rings (SSSR count). The topological polar surface area (TPSA) is 24.4 Å². The third-order valence-electron chi connectivity index (χ3n) is 2.00. The average Bonchev–Trinajstić information content (AvgIpc) is 2.58. The molecule has 2 heterocycles. The predicted octanol–water partition coefficient (Wildman–Crippen LogP) is 1.26. The van der Waals surface area contributed by atoms with Crippen LogP contribution < -0.4 is 5.32 Å². The van der Waals surface area contributed by atoms with Gasteiger partial charge in [-0.25, -0.2) is 0 Å². The Balaban J connectivity index is 2.14. The number of rotatable bonds is 1. The number of allylic oxidation sites excluding steroid dienone is 2. The fourth-order valence-electron chi connectivity index (χ4n) is 1.43. The van der Waals surface area contributed by atoms with E-state index < -0.39 is 0 Å². The van der Waals surface area contributed by atoms with Crippen LogP contribution in [0.5, 0.6) is 0 Å². The summed E-state index contributed by atoms with van der Waals surface area (Å²) in [6.45, 7) is 1.97. The molecule has 0 saturated carbocycles. The van der Waals surface area contributed by atoms with Gasteiger partial charge in [-0.2, -0.15) is 0 Å². The summed E-state index contributed by atoms with van der Waals surface area (Å²) in [6.07, 6.45) is 8.72. The Labute approximate surface area is 66.7 Å². The van der Waals surface area contributed by atoms with Gasteiger partial charge >= 0.3 is 0 Å². The zero-order valence-corrected chi connectivity index (χ0v) is 6.51. The van der Waals surface area contributed by atoms with E-state index in [1.807, 2.05) is 0 Å². The van der Waals surface area contributed by atoms with Crippen molar-refractivity contribution >= 4 is 5.71 Å². The summed E-state index contributed by atoms with van der Waals surface area (Å²) in [4.78, 5) is 4.42. The highest BCUT2D eigenvalue weighted by Gasteiger charge is 2.09. The van der Waals surface area contributed by atoms with Crippen LogP contribution >= 0.6 is 0 Å². The summed E-state index contributed by atoms with van der Waals surface area (Å²) in [7, 11) is 0. The monoisotopic (exact) mass is 148 g/mol. The summed E-state index contributed by atoms with van der Waals surface area (Å²) >= 11 is 0. The number of dihydropyridines is 1. The second kappa shape index (κ2) is 2.91. The Bertz CT molecular complexity index is 236. The number of hydrogen-bond acceptors (Lipinski definition) is 2. The van der Waals surface area contributed by atoms with E-state index in [2.05, 4.69) is 28.7 Å². The second-order valence-electron chi connectivity index (χ2n) is 2.84. The summed E-state index contributed by atoms with van der Waals surface area (Å²) in [5.41, 5.74) is 2.54. The highest BCUT2D eigenvalue weighted by Crippen LogP contribution is 2.13. The zero-order valence-electron chi connectivity index (χ0n) is 6.51. The first-order chi connectivity index (χ1) is 5.47. The lowest BCUT2D eigenvalue weighted by atomic mass is 10.1. The van der Waals surface area contributed by atoms with Crippen LogP contribution in [0.2, 0.25) is 0 Å². The van der Waals surface area contributed by atoms with Crippen molar-refractivity contribution in [3.8, 4) is 0 Å².